The van der Waals surface area contributed by atoms with Gasteiger partial charge < -0.3 is 5.73 Å². The Hall–Kier alpha value is -0.890. The van der Waals surface area contributed by atoms with E-state index < -0.39 is 0 Å². The van der Waals surface area contributed by atoms with Crippen LogP contribution in [0, 0.1) is 19.7 Å². The van der Waals surface area contributed by atoms with Crippen LogP contribution in [0.3, 0.4) is 0 Å². The molecule has 1 aromatic carbocycles. The van der Waals surface area contributed by atoms with E-state index in [1.54, 1.807) is 6.07 Å². The smallest absolute Gasteiger partial charge is 0.126 e. The Balaban J connectivity index is 3.02. The molecule has 0 aliphatic rings. The van der Waals surface area contributed by atoms with Crippen LogP contribution in [0.25, 0.3) is 0 Å². The third-order valence-corrected chi connectivity index (χ3v) is 2.74. The first-order chi connectivity index (χ1) is 6.56. The molecule has 1 nitrogen and oxygen atoms in total. The molecule has 0 aliphatic heterocycles. The van der Waals surface area contributed by atoms with Gasteiger partial charge in [0, 0.05) is 0 Å². The molecule has 1 atom stereocenters. The largest absolute Gasteiger partial charge is 0.330 e. The Labute approximate surface area is 85.1 Å². The van der Waals surface area contributed by atoms with Crippen molar-refractivity contribution >= 4 is 0 Å². The van der Waals surface area contributed by atoms with E-state index in [1.165, 1.54) is 0 Å². The molecule has 2 heteroatoms. The van der Waals surface area contributed by atoms with Crippen molar-refractivity contribution in [3.05, 3.63) is 34.6 Å². The number of aryl methyl sites for hydroxylation is 2. The molecule has 78 valence electrons. The Kier molecular flexibility index (Phi) is 3.64. The topological polar surface area (TPSA) is 26.0 Å². The second-order valence-electron chi connectivity index (χ2n) is 3.94. The Morgan fingerprint density at radius 3 is 2.43 bits per heavy atom. The van der Waals surface area contributed by atoms with Gasteiger partial charge in [0.1, 0.15) is 5.82 Å². The summed E-state index contributed by atoms with van der Waals surface area (Å²) in [7, 11) is 0. The molecule has 0 amide bonds. The van der Waals surface area contributed by atoms with Crippen molar-refractivity contribution in [2.24, 2.45) is 5.73 Å². The maximum atomic E-state index is 13.6. The summed E-state index contributed by atoms with van der Waals surface area (Å²) in [6.07, 6.45) is 0.833. The summed E-state index contributed by atoms with van der Waals surface area (Å²) in [5.74, 6) is 0.105. The third kappa shape index (κ3) is 2.32. The summed E-state index contributed by atoms with van der Waals surface area (Å²) in [6, 6.07) is 3.54. The lowest BCUT2D eigenvalue weighted by Crippen LogP contribution is -2.06. The first kappa shape index (κ1) is 11.2. The van der Waals surface area contributed by atoms with Gasteiger partial charge in [-0.25, -0.2) is 4.39 Å². The lowest BCUT2D eigenvalue weighted by Gasteiger charge is -2.13. The third-order valence-electron chi connectivity index (χ3n) is 2.74. The lowest BCUT2D eigenvalue weighted by molar-refractivity contribution is 0.575. The molecule has 1 unspecified atom stereocenters. The minimum absolute atomic E-state index is 0.103. The normalized spacial score (nSPS) is 12.9. The summed E-state index contributed by atoms with van der Waals surface area (Å²) in [6.45, 7) is 6.55. The van der Waals surface area contributed by atoms with Gasteiger partial charge in [-0.1, -0.05) is 13.0 Å². The molecule has 0 aromatic heterocycles. The van der Waals surface area contributed by atoms with Crippen molar-refractivity contribution in [3.63, 3.8) is 0 Å². The fourth-order valence-electron chi connectivity index (χ4n) is 1.59. The number of hydrogen-bond acceptors (Lipinski definition) is 1. The van der Waals surface area contributed by atoms with Crippen LogP contribution in [0.5, 0.6) is 0 Å². The average Bonchev–Trinajstić information content (AvgIpc) is 2.11. The Bertz CT molecular complexity index is 320. The van der Waals surface area contributed by atoms with Crippen LogP contribution in [0.15, 0.2) is 12.1 Å². The SMILES string of the molecule is Cc1cc(F)c(C(C)CCN)cc1C. The fraction of sp³-hybridized carbons (Fsp3) is 0.500. The molecule has 0 radical (unpaired) electrons. The van der Waals surface area contributed by atoms with Gasteiger partial charge in [-0.3, -0.25) is 0 Å². The van der Waals surface area contributed by atoms with Gasteiger partial charge >= 0.3 is 0 Å². The molecule has 1 aromatic rings. The van der Waals surface area contributed by atoms with Gasteiger partial charge in [0.15, 0.2) is 0 Å². The van der Waals surface area contributed by atoms with E-state index in [-0.39, 0.29) is 11.7 Å². The lowest BCUT2D eigenvalue weighted by atomic mass is 9.94. The van der Waals surface area contributed by atoms with Crippen molar-refractivity contribution < 1.29 is 4.39 Å². The highest BCUT2D eigenvalue weighted by molar-refractivity contribution is 5.33. The zero-order valence-corrected chi connectivity index (χ0v) is 9.10. The summed E-state index contributed by atoms with van der Waals surface area (Å²) in [5.41, 5.74) is 8.40. The summed E-state index contributed by atoms with van der Waals surface area (Å²) in [5, 5.41) is 0. The average molecular weight is 195 g/mol. The van der Waals surface area contributed by atoms with Crippen LogP contribution >= 0.6 is 0 Å². The summed E-state index contributed by atoms with van der Waals surface area (Å²) < 4.78 is 13.6. The molecule has 0 heterocycles. The van der Waals surface area contributed by atoms with E-state index in [0.29, 0.717) is 6.54 Å². The highest BCUT2D eigenvalue weighted by Crippen LogP contribution is 2.24. The molecule has 0 aliphatic carbocycles. The number of rotatable bonds is 3. The van der Waals surface area contributed by atoms with Gasteiger partial charge in [-0.05, 0) is 55.5 Å². The number of halogens is 1. The van der Waals surface area contributed by atoms with Gasteiger partial charge in [0.2, 0.25) is 0 Å². The van der Waals surface area contributed by atoms with E-state index in [2.05, 4.69) is 0 Å². The minimum atomic E-state index is -0.103. The van der Waals surface area contributed by atoms with Gasteiger partial charge in [0.05, 0.1) is 0 Å². The monoisotopic (exact) mass is 195 g/mol. The molecule has 0 saturated heterocycles. The van der Waals surface area contributed by atoms with Gasteiger partial charge in [-0.15, -0.1) is 0 Å². The standard InChI is InChI=1S/C12H18FN/c1-8(4-5-14)11-6-9(2)10(3)7-12(11)13/h6-8H,4-5,14H2,1-3H3. The van der Waals surface area contributed by atoms with E-state index in [4.69, 9.17) is 5.73 Å². The minimum Gasteiger partial charge on any atom is -0.330 e. The van der Waals surface area contributed by atoms with Crippen molar-refractivity contribution in [1.82, 2.24) is 0 Å². The molecule has 0 spiro atoms. The van der Waals surface area contributed by atoms with E-state index in [1.807, 2.05) is 26.8 Å². The molecule has 2 N–H and O–H groups in total. The molecule has 0 bridgehead atoms. The predicted octanol–water partition coefficient (Wildman–Crippen LogP) is 2.89. The van der Waals surface area contributed by atoms with E-state index >= 15 is 0 Å². The fourth-order valence-corrected chi connectivity index (χ4v) is 1.59. The predicted molar refractivity (Wildman–Crippen MR) is 58.0 cm³/mol. The zero-order valence-electron chi connectivity index (χ0n) is 9.10. The molecular formula is C12H18FN. The van der Waals surface area contributed by atoms with Crippen LogP contribution in [-0.2, 0) is 0 Å². The molecule has 14 heavy (non-hydrogen) atoms. The first-order valence-electron chi connectivity index (χ1n) is 5.03. The van der Waals surface area contributed by atoms with Crippen molar-refractivity contribution in [2.45, 2.75) is 33.1 Å². The number of benzene rings is 1. The zero-order chi connectivity index (χ0) is 10.7. The maximum absolute atomic E-state index is 13.6. The number of hydrogen-bond donors (Lipinski definition) is 1. The van der Waals surface area contributed by atoms with Crippen molar-refractivity contribution in [1.29, 1.82) is 0 Å². The Morgan fingerprint density at radius 1 is 1.29 bits per heavy atom. The molecular weight excluding hydrogens is 177 g/mol. The second kappa shape index (κ2) is 4.56. The van der Waals surface area contributed by atoms with Crippen molar-refractivity contribution in [2.75, 3.05) is 6.54 Å². The van der Waals surface area contributed by atoms with E-state index in [9.17, 15) is 4.39 Å². The second-order valence-corrected chi connectivity index (χ2v) is 3.94. The highest BCUT2D eigenvalue weighted by Gasteiger charge is 2.11. The highest BCUT2D eigenvalue weighted by atomic mass is 19.1. The molecule has 1 rings (SSSR count). The van der Waals surface area contributed by atoms with Crippen molar-refractivity contribution in [3.8, 4) is 0 Å². The maximum Gasteiger partial charge on any atom is 0.126 e. The number of nitrogens with two attached hydrogens (primary N) is 1. The summed E-state index contributed by atoms with van der Waals surface area (Å²) >= 11 is 0. The van der Waals surface area contributed by atoms with E-state index in [0.717, 1.165) is 23.1 Å². The van der Waals surface area contributed by atoms with Gasteiger partial charge in [0.25, 0.3) is 0 Å². The van der Waals surface area contributed by atoms with Crippen LogP contribution < -0.4 is 5.73 Å². The first-order valence-corrected chi connectivity index (χ1v) is 5.03. The Morgan fingerprint density at radius 2 is 1.86 bits per heavy atom. The van der Waals surface area contributed by atoms with Gasteiger partial charge in [-0.2, -0.15) is 0 Å². The van der Waals surface area contributed by atoms with Crippen LogP contribution in [0.2, 0.25) is 0 Å². The van der Waals surface area contributed by atoms with Crippen LogP contribution in [-0.4, -0.2) is 6.54 Å². The quantitative estimate of drug-likeness (QED) is 0.788. The molecule has 0 saturated carbocycles. The van der Waals surface area contributed by atoms with Crippen LogP contribution in [0.4, 0.5) is 4.39 Å². The van der Waals surface area contributed by atoms with Crippen LogP contribution in [0.1, 0.15) is 36.0 Å². The molecule has 0 fully saturated rings. The summed E-state index contributed by atoms with van der Waals surface area (Å²) in [4.78, 5) is 0.